The molecule has 2 nitrogen and oxygen atoms in total. The minimum atomic E-state index is -0.691. The Balaban J connectivity index is 1.93. The summed E-state index contributed by atoms with van der Waals surface area (Å²) in [5, 5.41) is 11.5. The average Bonchev–Trinajstić information content (AvgIpc) is 2.46. The normalized spacial score (nSPS) is 22.3. The minimum absolute atomic E-state index is 0.00834. The predicted molar refractivity (Wildman–Crippen MR) is 75.3 cm³/mol. The molecule has 0 aromatic heterocycles. The van der Waals surface area contributed by atoms with Gasteiger partial charge in [-0.15, -0.1) is 0 Å². The Morgan fingerprint density at radius 1 is 1.15 bits per heavy atom. The van der Waals surface area contributed by atoms with E-state index in [1.54, 1.807) is 6.07 Å². The zero-order valence-electron chi connectivity index (χ0n) is 11.8. The topological polar surface area (TPSA) is 35.8 Å². The molecule has 0 unspecified atom stereocenters. The number of anilines is 1. The molecule has 0 bridgehead atoms. The van der Waals surface area contributed by atoms with Crippen LogP contribution < -0.4 is 5.32 Å². The van der Waals surface area contributed by atoms with E-state index in [1.807, 2.05) is 0 Å². The molecule has 1 N–H and O–H groups in total. The van der Waals surface area contributed by atoms with Crippen molar-refractivity contribution in [2.75, 3.05) is 11.9 Å². The first kappa shape index (κ1) is 14.8. The first-order valence-corrected chi connectivity index (χ1v) is 7.27. The molecule has 0 heterocycles. The highest BCUT2D eigenvalue weighted by Crippen LogP contribution is 2.31. The second-order valence-corrected chi connectivity index (χ2v) is 5.60. The van der Waals surface area contributed by atoms with Gasteiger partial charge in [0.05, 0.1) is 11.6 Å². The van der Waals surface area contributed by atoms with Crippen LogP contribution in [0.25, 0.3) is 0 Å². The SMILES string of the molecule is CCC1CCC(CNc2c(F)cc(C#N)cc2F)CC1. The molecule has 1 aliphatic rings. The summed E-state index contributed by atoms with van der Waals surface area (Å²) >= 11 is 0. The largest absolute Gasteiger partial charge is 0.380 e. The van der Waals surface area contributed by atoms with Crippen molar-refractivity contribution in [2.24, 2.45) is 11.8 Å². The maximum atomic E-state index is 13.7. The van der Waals surface area contributed by atoms with Crippen molar-refractivity contribution >= 4 is 5.69 Å². The van der Waals surface area contributed by atoms with Crippen molar-refractivity contribution in [3.8, 4) is 6.07 Å². The Hall–Kier alpha value is -1.63. The van der Waals surface area contributed by atoms with Gasteiger partial charge < -0.3 is 5.32 Å². The van der Waals surface area contributed by atoms with Gasteiger partial charge in [-0.05, 0) is 36.8 Å². The monoisotopic (exact) mass is 278 g/mol. The number of halogens is 2. The molecule has 108 valence electrons. The lowest BCUT2D eigenvalue weighted by Crippen LogP contribution is -2.21. The first-order valence-electron chi connectivity index (χ1n) is 7.27. The predicted octanol–water partition coefficient (Wildman–Crippen LogP) is 4.46. The van der Waals surface area contributed by atoms with Crippen LogP contribution in [0.15, 0.2) is 12.1 Å². The summed E-state index contributed by atoms with van der Waals surface area (Å²) < 4.78 is 27.4. The summed E-state index contributed by atoms with van der Waals surface area (Å²) in [5.41, 5.74) is -0.101. The second-order valence-electron chi connectivity index (χ2n) is 5.60. The van der Waals surface area contributed by atoms with E-state index < -0.39 is 11.6 Å². The molecular weight excluding hydrogens is 258 g/mol. The Morgan fingerprint density at radius 2 is 1.70 bits per heavy atom. The number of nitrogens with zero attached hydrogens (tertiary/aromatic N) is 1. The van der Waals surface area contributed by atoms with Crippen molar-refractivity contribution in [3.63, 3.8) is 0 Å². The summed E-state index contributed by atoms with van der Waals surface area (Å²) in [7, 11) is 0. The molecule has 0 amide bonds. The van der Waals surface area contributed by atoms with Crippen LogP contribution >= 0.6 is 0 Å². The van der Waals surface area contributed by atoms with Crippen LogP contribution in [-0.4, -0.2) is 6.54 Å². The highest BCUT2D eigenvalue weighted by atomic mass is 19.1. The summed E-state index contributed by atoms with van der Waals surface area (Å²) in [6.07, 6.45) is 5.87. The van der Waals surface area contributed by atoms with Gasteiger partial charge in [0, 0.05) is 6.54 Å². The molecule has 4 heteroatoms. The van der Waals surface area contributed by atoms with Gasteiger partial charge in [-0.2, -0.15) is 5.26 Å². The van der Waals surface area contributed by atoms with E-state index in [4.69, 9.17) is 5.26 Å². The van der Waals surface area contributed by atoms with Gasteiger partial charge in [-0.1, -0.05) is 26.2 Å². The molecule has 1 aromatic rings. The Bertz CT molecular complexity index is 477. The van der Waals surface area contributed by atoms with Gasteiger partial charge in [0.2, 0.25) is 0 Å². The number of hydrogen-bond donors (Lipinski definition) is 1. The number of nitrogens with one attached hydrogen (secondary N) is 1. The molecule has 0 atom stereocenters. The first-order chi connectivity index (χ1) is 9.63. The standard InChI is InChI=1S/C16H20F2N2/c1-2-11-3-5-12(6-4-11)10-20-16-14(17)7-13(9-19)8-15(16)18/h7-8,11-12,20H,2-6,10H2,1H3. The molecule has 1 aromatic carbocycles. The van der Waals surface area contributed by atoms with Gasteiger partial charge in [-0.3, -0.25) is 0 Å². The Kier molecular flexibility index (Phi) is 4.94. The summed E-state index contributed by atoms with van der Waals surface area (Å²) in [6.45, 7) is 2.81. The van der Waals surface area contributed by atoms with E-state index in [-0.39, 0.29) is 11.3 Å². The third-order valence-corrected chi connectivity index (χ3v) is 4.28. The fraction of sp³-hybridized carbons (Fsp3) is 0.562. The molecule has 0 saturated heterocycles. The second kappa shape index (κ2) is 6.69. The molecule has 2 rings (SSSR count). The fourth-order valence-electron chi connectivity index (χ4n) is 2.90. The highest BCUT2D eigenvalue weighted by Gasteiger charge is 2.20. The number of benzene rings is 1. The maximum absolute atomic E-state index is 13.7. The van der Waals surface area contributed by atoms with E-state index in [1.165, 1.54) is 19.3 Å². The van der Waals surface area contributed by atoms with Gasteiger partial charge in [0.15, 0.2) is 11.6 Å². The fourth-order valence-corrected chi connectivity index (χ4v) is 2.90. The molecule has 1 aliphatic carbocycles. The highest BCUT2D eigenvalue weighted by molar-refractivity contribution is 5.50. The van der Waals surface area contributed by atoms with Crippen molar-refractivity contribution < 1.29 is 8.78 Å². The van der Waals surface area contributed by atoms with E-state index >= 15 is 0 Å². The zero-order chi connectivity index (χ0) is 14.5. The smallest absolute Gasteiger partial charge is 0.150 e. The number of nitriles is 1. The molecule has 0 aliphatic heterocycles. The summed E-state index contributed by atoms with van der Waals surface area (Å²) in [6, 6.07) is 3.88. The lowest BCUT2D eigenvalue weighted by atomic mass is 9.81. The third kappa shape index (κ3) is 3.47. The third-order valence-electron chi connectivity index (χ3n) is 4.28. The van der Waals surface area contributed by atoms with Gasteiger partial charge in [-0.25, -0.2) is 8.78 Å². The van der Waals surface area contributed by atoms with Crippen LogP contribution in [0.3, 0.4) is 0 Å². The van der Waals surface area contributed by atoms with Crippen LogP contribution in [0.5, 0.6) is 0 Å². The Morgan fingerprint density at radius 3 is 2.20 bits per heavy atom. The van der Waals surface area contributed by atoms with Crippen molar-refractivity contribution in [1.29, 1.82) is 5.26 Å². The number of hydrogen-bond acceptors (Lipinski definition) is 2. The Labute approximate surface area is 118 Å². The molecular formula is C16H20F2N2. The molecule has 0 spiro atoms. The van der Waals surface area contributed by atoms with Crippen LogP contribution in [0.1, 0.15) is 44.6 Å². The molecule has 0 radical (unpaired) electrons. The molecule has 20 heavy (non-hydrogen) atoms. The lowest BCUT2D eigenvalue weighted by molar-refractivity contribution is 0.278. The van der Waals surface area contributed by atoms with E-state index in [2.05, 4.69) is 12.2 Å². The van der Waals surface area contributed by atoms with Gasteiger partial charge >= 0.3 is 0 Å². The minimum Gasteiger partial charge on any atom is -0.380 e. The van der Waals surface area contributed by atoms with Crippen LogP contribution in [0, 0.1) is 34.8 Å². The zero-order valence-corrected chi connectivity index (χ0v) is 11.8. The average molecular weight is 278 g/mol. The molecule has 1 saturated carbocycles. The summed E-state index contributed by atoms with van der Waals surface area (Å²) in [4.78, 5) is 0. The summed E-state index contributed by atoms with van der Waals surface area (Å²) in [5.74, 6) is -0.0885. The van der Waals surface area contributed by atoms with Crippen LogP contribution in [0.2, 0.25) is 0 Å². The lowest BCUT2D eigenvalue weighted by Gasteiger charge is -2.28. The maximum Gasteiger partial charge on any atom is 0.150 e. The van der Waals surface area contributed by atoms with Crippen LogP contribution in [0.4, 0.5) is 14.5 Å². The van der Waals surface area contributed by atoms with Gasteiger partial charge in [0.1, 0.15) is 5.69 Å². The van der Waals surface area contributed by atoms with E-state index in [0.717, 1.165) is 30.9 Å². The number of rotatable bonds is 4. The van der Waals surface area contributed by atoms with Gasteiger partial charge in [0.25, 0.3) is 0 Å². The van der Waals surface area contributed by atoms with E-state index in [0.29, 0.717) is 12.5 Å². The van der Waals surface area contributed by atoms with E-state index in [9.17, 15) is 8.78 Å². The van der Waals surface area contributed by atoms with Crippen molar-refractivity contribution in [1.82, 2.24) is 0 Å². The quantitative estimate of drug-likeness (QED) is 0.882. The van der Waals surface area contributed by atoms with Crippen molar-refractivity contribution in [3.05, 3.63) is 29.3 Å². The molecule has 1 fully saturated rings. The van der Waals surface area contributed by atoms with Crippen molar-refractivity contribution in [2.45, 2.75) is 39.0 Å². The van der Waals surface area contributed by atoms with Crippen LogP contribution in [-0.2, 0) is 0 Å².